The van der Waals surface area contributed by atoms with Crippen LogP contribution in [0.4, 0.5) is 10.8 Å². The smallest absolute Gasteiger partial charge is 0.260 e. The summed E-state index contributed by atoms with van der Waals surface area (Å²) in [6.07, 6.45) is 1.15. The lowest BCUT2D eigenvalue weighted by molar-refractivity contribution is -0.121. The van der Waals surface area contributed by atoms with Crippen LogP contribution < -0.4 is 9.80 Å². The van der Waals surface area contributed by atoms with Gasteiger partial charge in [-0.05, 0) is 63.5 Å². The normalized spacial score (nSPS) is 14.1. The van der Waals surface area contributed by atoms with Crippen molar-refractivity contribution in [2.24, 2.45) is 0 Å². The molecule has 3 amide bonds. The number of hydrogen-bond donors (Lipinski definition) is 0. The summed E-state index contributed by atoms with van der Waals surface area (Å²) in [7, 11) is 3.97. The molecule has 9 heteroatoms. The number of carbonyl (C=O) groups excluding carboxylic acids is 3. The van der Waals surface area contributed by atoms with E-state index in [9.17, 15) is 14.4 Å². The van der Waals surface area contributed by atoms with E-state index < -0.39 is 0 Å². The minimum absolute atomic E-state index is 0.196. The van der Waals surface area contributed by atoms with Gasteiger partial charge in [0.1, 0.15) is 0 Å². The molecule has 0 saturated carbocycles. The molecule has 0 bridgehead atoms. The molecule has 32 heavy (non-hydrogen) atoms. The lowest BCUT2D eigenvalue weighted by Gasteiger charge is -2.22. The zero-order chi connectivity index (χ0) is 22.8. The average molecular weight is 471 g/mol. The molecule has 2 aromatic carbocycles. The molecule has 1 aliphatic rings. The zero-order valence-electron chi connectivity index (χ0n) is 17.9. The third-order valence-corrected chi connectivity index (χ3v) is 6.48. The molecule has 0 radical (unpaired) electrons. The van der Waals surface area contributed by atoms with Crippen LogP contribution in [0.5, 0.6) is 0 Å². The first-order chi connectivity index (χ1) is 15.3. The number of aromatic nitrogens is 1. The average Bonchev–Trinajstić information content (AvgIpc) is 3.32. The standard InChI is InChI=1S/C23H23ClN4O3S/c1-26(2)11-4-12-27(23-25-18-8-7-16(24)14-19(18)32-23)22(31)15-5-3-6-17(13-15)28-20(29)9-10-21(28)30/h3,5-8,13-14H,4,9-12H2,1-2H3. The van der Waals surface area contributed by atoms with Crippen LogP contribution in [0.3, 0.4) is 0 Å². The van der Waals surface area contributed by atoms with E-state index in [1.54, 1.807) is 35.2 Å². The third-order valence-electron chi connectivity index (χ3n) is 5.21. The number of anilines is 2. The predicted octanol–water partition coefficient (Wildman–Crippen LogP) is 4.20. The first kappa shape index (κ1) is 22.4. The fourth-order valence-corrected chi connectivity index (χ4v) is 4.90. The zero-order valence-corrected chi connectivity index (χ0v) is 19.4. The SMILES string of the molecule is CN(C)CCCN(C(=O)c1cccc(N2C(=O)CCC2=O)c1)c1nc2ccc(Cl)cc2s1. The Hall–Kier alpha value is -2.81. The Kier molecular flexibility index (Phi) is 6.55. The second-order valence-corrected chi connectivity index (χ2v) is 9.34. The van der Waals surface area contributed by atoms with Gasteiger partial charge >= 0.3 is 0 Å². The highest BCUT2D eigenvalue weighted by atomic mass is 35.5. The largest absolute Gasteiger partial charge is 0.309 e. The van der Waals surface area contributed by atoms with Crippen LogP contribution in [0.2, 0.25) is 5.02 Å². The number of benzene rings is 2. The van der Waals surface area contributed by atoms with Crippen molar-refractivity contribution in [1.82, 2.24) is 9.88 Å². The molecule has 1 aromatic heterocycles. The number of nitrogens with zero attached hydrogens (tertiary/aromatic N) is 4. The van der Waals surface area contributed by atoms with Crippen molar-refractivity contribution < 1.29 is 14.4 Å². The molecule has 4 rings (SSSR count). The molecule has 1 fully saturated rings. The van der Waals surface area contributed by atoms with Crippen molar-refractivity contribution in [3.8, 4) is 0 Å². The van der Waals surface area contributed by atoms with Crippen molar-refractivity contribution >= 4 is 61.7 Å². The van der Waals surface area contributed by atoms with Gasteiger partial charge in [-0.3, -0.25) is 24.2 Å². The Bertz CT molecular complexity index is 1180. The summed E-state index contributed by atoms with van der Waals surface area (Å²) in [6.45, 7) is 1.30. The summed E-state index contributed by atoms with van der Waals surface area (Å²) in [6, 6.07) is 12.1. The lowest BCUT2D eigenvalue weighted by Crippen LogP contribution is -2.34. The van der Waals surface area contributed by atoms with E-state index in [-0.39, 0.29) is 30.6 Å². The molecular weight excluding hydrogens is 448 g/mol. The minimum atomic E-state index is -0.245. The van der Waals surface area contributed by atoms with E-state index in [1.165, 1.54) is 11.3 Å². The van der Waals surface area contributed by atoms with Gasteiger partial charge in [-0.2, -0.15) is 0 Å². The predicted molar refractivity (Wildman–Crippen MR) is 128 cm³/mol. The highest BCUT2D eigenvalue weighted by Crippen LogP contribution is 2.32. The highest BCUT2D eigenvalue weighted by Gasteiger charge is 2.31. The summed E-state index contributed by atoms with van der Waals surface area (Å²) in [5.74, 6) is -0.717. The maximum Gasteiger partial charge on any atom is 0.260 e. The highest BCUT2D eigenvalue weighted by molar-refractivity contribution is 7.22. The van der Waals surface area contributed by atoms with Crippen molar-refractivity contribution in [2.45, 2.75) is 19.3 Å². The molecule has 0 spiro atoms. The summed E-state index contributed by atoms with van der Waals surface area (Å²) in [4.78, 5) is 47.4. The number of thiazole rings is 1. The van der Waals surface area contributed by atoms with Crippen LogP contribution in [0.1, 0.15) is 29.6 Å². The number of rotatable bonds is 7. The van der Waals surface area contributed by atoms with Crippen LogP contribution in [0.15, 0.2) is 42.5 Å². The number of hydrogen-bond acceptors (Lipinski definition) is 6. The number of halogens is 1. The van der Waals surface area contributed by atoms with E-state index in [0.29, 0.717) is 27.9 Å². The van der Waals surface area contributed by atoms with Crippen LogP contribution in [-0.2, 0) is 9.59 Å². The van der Waals surface area contributed by atoms with Gasteiger partial charge in [0.05, 0.1) is 15.9 Å². The van der Waals surface area contributed by atoms with Crippen LogP contribution in [0.25, 0.3) is 10.2 Å². The van der Waals surface area contributed by atoms with Gasteiger partial charge in [0.25, 0.3) is 5.91 Å². The maximum atomic E-state index is 13.6. The van der Waals surface area contributed by atoms with Gasteiger partial charge in [0, 0.05) is 30.0 Å². The Morgan fingerprint density at radius 2 is 1.84 bits per heavy atom. The van der Waals surface area contributed by atoms with Crippen LogP contribution in [-0.4, -0.2) is 54.8 Å². The Morgan fingerprint density at radius 1 is 1.09 bits per heavy atom. The number of carbonyl (C=O) groups is 3. The molecule has 0 aliphatic carbocycles. The van der Waals surface area contributed by atoms with E-state index in [2.05, 4.69) is 9.88 Å². The molecule has 1 saturated heterocycles. The Balaban J connectivity index is 1.67. The van der Waals surface area contributed by atoms with Crippen molar-refractivity contribution in [2.75, 3.05) is 37.0 Å². The van der Waals surface area contributed by atoms with Crippen molar-refractivity contribution in [3.63, 3.8) is 0 Å². The van der Waals surface area contributed by atoms with Gasteiger partial charge in [-0.15, -0.1) is 0 Å². The lowest BCUT2D eigenvalue weighted by atomic mass is 10.1. The number of fused-ring (bicyclic) bond motifs is 1. The van der Waals surface area contributed by atoms with E-state index >= 15 is 0 Å². The molecular formula is C23H23ClN4O3S. The monoisotopic (exact) mass is 470 g/mol. The van der Waals surface area contributed by atoms with E-state index in [1.807, 2.05) is 26.2 Å². The quantitative estimate of drug-likeness (QED) is 0.484. The summed E-state index contributed by atoms with van der Waals surface area (Å²) in [5.41, 5.74) is 1.60. The molecule has 1 aliphatic heterocycles. The Morgan fingerprint density at radius 3 is 2.56 bits per heavy atom. The second-order valence-electron chi connectivity index (χ2n) is 7.90. The number of imide groups is 1. The van der Waals surface area contributed by atoms with Crippen molar-refractivity contribution in [1.29, 1.82) is 0 Å². The van der Waals surface area contributed by atoms with E-state index in [4.69, 9.17) is 11.6 Å². The fraction of sp³-hybridized carbons (Fsp3) is 0.304. The summed E-state index contributed by atoms with van der Waals surface area (Å²) < 4.78 is 0.903. The van der Waals surface area contributed by atoms with Gasteiger partial charge in [0.15, 0.2) is 5.13 Å². The Labute approximate surface area is 195 Å². The third kappa shape index (κ3) is 4.67. The van der Waals surface area contributed by atoms with E-state index in [0.717, 1.165) is 28.1 Å². The first-order valence-electron chi connectivity index (χ1n) is 10.3. The molecule has 0 N–H and O–H groups in total. The molecule has 3 aromatic rings. The molecule has 0 unspecified atom stereocenters. The van der Waals surface area contributed by atoms with Crippen molar-refractivity contribution in [3.05, 3.63) is 53.1 Å². The second kappa shape index (κ2) is 9.36. The molecule has 166 valence electrons. The molecule has 2 heterocycles. The number of amides is 3. The fourth-order valence-electron chi connectivity index (χ4n) is 3.63. The topological polar surface area (TPSA) is 73.8 Å². The minimum Gasteiger partial charge on any atom is -0.309 e. The van der Waals surface area contributed by atoms with Gasteiger partial charge in [0.2, 0.25) is 11.8 Å². The van der Waals surface area contributed by atoms with Gasteiger partial charge in [-0.1, -0.05) is 29.0 Å². The van der Waals surface area contributed by atoms with Crippen LogP contribution >= 0.6 is 22.9 Å². The van der Waals surface area contributed by atoms with Gasteiger partial charge in [-0.25, -0.2) is 4.98 Å². The maximum absolute atomic E-state index is 13.6. The summed E-state index contributed by atoms with van der Waals surface area (Å²) in [5, 5.41) is 1.20. The van der Waals surface area contributed by atoms with Crippen LogP contribution in [0, 0.1) is 0 Å². The molecule has 7 nitrogen and oxygen atoms in total. The molecule has 0 atom stereocenters. The first-order valence-corrected chi connectivity index (χ1v) is 11.5. The summed E-state index contributed by atoms with van der Waals surface area (Å²) >= 11 is 7.53. The van der Waals surface area contributed by atoms with Gasteiger partial charge < -0.3 is 4.90 Å².